The summed E-state index contributed by atoms with van der Waals surface area (Å²) in [4.78, 5) is 20.8. The Morgan fingerprint density at radius 3 is 2.76 bits per heavy atom. The summed E-state index contributed by atoms with van der Waals surface area (Å²) in [6, 6.07) is 14.3. The Hall–Kier alpha value is -2.92. The van der Waals surface area contributed by atoms with Gasteiger partial charge in [0.2, 0.25) is 0 Å². The minimum Gasteiger partial charge on any atom is -0.363 e. The van der Waals surface area contributed by atoms with E-state index in [1.165, 1.54) is 28.2 Å². The Balaban J connectivity index is 1.67. The third kappa shape index (κ3) is 2.72. The highest BCUT2D eigenvalue weighted by Crippen LogP contribution is 2.39. The predicted molar refractivity (Wildman–Crippen MR) is 123 cm³/mol. The predicted octanol–water partition coefficient (Wildman–Crippen LogP) is 4.48. The lowest BCUT2D eigenvalue weighted by Gasteiger charge is -2.42. The average Bonchev–Trinajstić information content (AvgIpc) is 3.18. The van der Waals surface area contributed by atoms with Crippen LogP contribution in [0.1, 0.15) is 38.8 Å². The van der Waals surface area contributed by atoms with Crippen molar-refractivity contribution in [1.29, 1.82) is 0 Å². The van der Waals surface area contributed by atoms with E-state index in [1.807, 2.05) is 30.3 Å². The second-order valence-corrected chi connectivity index (χ2v) is 9.15. The molecule has 0 N–H and O–H groups in total. The molecule has 1 aliphatic rings. The Bertz CT molecular complexity index is 1410. The summed E-state index contributed by atoms with van der Waals surface area (Å²) in [5.74, 6) is 0. The lowest BCUT2D eigenvalue weighted by atomic mass is 9.88. The molecule has 0 saturated heterocycles. The van der Waals surface area contributed by atoms with Crippen LogP contribution in [0.4, 0.5) is 5.69 Å². The third-order valence-corrected chi connectivity index (χ3v) is 6.73. The van der Waals surface area contributed by atoms with Gasteiger partial charge in [-0.2, -0.15) is 0 Å². The van der Waals surface area contributed by atoms with Gasteiger partial charge >= 0.3 is 0 Å². The highest BCUT2D eigenvalue weighted by molar-refractivity contribution is 7.15. The normalized spacial score (nSPS) is 16.5. The molecule has 3 heterocycles. The van der Waals surface area contributed by atoms with E-state index < -0.39 is 0 Å². The minimum atomic E-state index is -0.000650. The molecule has 0 spiro atoms. The Morgan fingerprint density at radius 2 is 1.97 bits per heavy atom. The van der Waals surface area contributed by atoms with Crippen LogP contribution in [0.3, 0.4) is 0 Å². The lowest BCUT2D eigenvalue weighted by molar-refractivity contribution is 0.566. The molecule has 0 bridgehead atoms. The van der Waals surface area contributed by atoms with Gasteiger partial charge in [0.15, 0.2) is 4.96 Å². The number of thiazole rings is 1. The molecule has 0 unspecified atom stereocenters. The first kappa shape index (κ1) is 18.1. The van der Waals surface area contributed by atoms with Gasteiger partial charge in [0.1, 0.15) is 0 Å². The summed E-state index contributed by atoms with van der Waals surface area (Å²) in [7, 11) is 0. The number of aromatic nitrogens is 2. The van der Waals surface area contributed by atoms with Gasteiger partial charge in [-0.15, -0.1) is 0 Å². The molecule has 0 amide bonds. The van der Waals surface area contributed by atoms with Crippen LogP contribution in [0.2, 0.25) is 0 Å². The molecule has 5 rings (SSSR count). The molecule has 0 aliphatic carbocycles. The molecular weight excluding hydrogens is 378 g/mol. The number of allylic oxidation sites excluding steroid dienone is 1. The van der Waals surface area contributed by atoms with Crippen LogP contribution < -0.4 is 15.0 Å². The van der Waals surface area contributed by atoms with Gasteiger partial charge in [-0.3, -0.25) is 4.79 Å². The summed E-state index contributed by atoms with van der Waals surface area (Å²) >= 11 is 1.45. The van der Waals surface area contributed by atoms with Crippen molar-refractivity contribution in [3.63, 3.8) is 0 Å². The molecule has 1 aliphatic heterocycles. The van der Waals surface area contributed by atoms with E-state index in [9.17, 15) is 4.79 Å². The van der Waals surface area contributed by atoms with E-state index in [0.717, 1.165) is 28.1 Å². The fourth-order valence-electron chi connectivity index (χ4n) is 4.53. The number of rotatable bonds is 2. The van der Waals surface area contributed by atoms with E-state index in [0.29, 0.717) is 4.53 Å². The minimum absolute atomic E-state index is 0.00000257. The summed E-state index contributed by atoms with van der Waals surface area (Å²) in [5.41, 5.74) is 6.53. The van der Waals surface area contributed by atoms with Gasteiger partial charge in [-0.25, -0.2) is 9.38 Å². The van der Waals surface area contributed by atoms with Crippen molar-refractivity contribution in [3.8, 4) is 0 Å². The molecule has 146 valence electrons. The van der Waals surface area contributed by atoms with Crippen molar-refractivity contribution >= 4 is 44.7 Å². The van der Waals surface area contributed by atoms with Gasteiger partial charge in [-0.1, -0.05) is 35.6 Å². The molecule has 4 aromatic rings. The maximum Gasteiger partial charge on any atom is 0.274 e. The average molecular weight is 402 g/mol. The van der Waals surface area contributed by atoms with Gasteiger partial charge < -0.3 is 4.90 Å². The van der Waals surface area contributed by atoms with Crippen molar-refractivity contribution in [2.24, 2.45) is 0 Å². The molecule has 0 atom stereocenters. The number of benzene rings is 2. The van der Waals surface area contributed by atoms with Gasteiger partial charge in [0.05, 0.1) is 21.1 Å². The first-order chi connectivity index (χ1) is 13.9. The van der Waals surface area contributed by atoms with Crippen molar-refractivity contribution in [2.45, 2.75) is 33.2 Å². The van der Waals surface area contributed by atoms with Crippen LogP contribution in [-0.2, 0) is 0 Å². The van der Waals surface area contributed by atoms with Gasteiger partial charge in [-0.05, 0) is 69.2 Å². The maximum atomic E-state index is 13.0. The SMILES string of the molecule is CCN1c2ccc(/C=c3/sc4nc5ccccc5n4c3=O)cc2C(C)=CC1(C)C. The van der Waals surface area contributed by atoms with Crippen LogP contribution in [-0.4, -0.2) is 21.5 Å². The number of para-hydroxylation sites is 2. The van der Waals surface area contributed by atoms with Crippen LogP contribution in [0.25, 0.3) is 27.6 Å². The van der Waals surface area contributed by atoms with Crippen molar-refractivity contribution in [3.05, 3.63) is 74.6 Å². The molecule has 4 nitrogen and oxygen atoms in total. The van der Waals surface area contributed by atoms with Crippen molar-refractivity contribution in [2.75, 3.05) is 11.4 Å². The molecule has 29 heavy (non-hydrogen) atoms. The standard InChI is InChI=1S/C24H23N3OS/c1-5-26-19-11-10-16(12-17(19)15(2)14-24(26,3)4)13-21-22(28)27-20-9-7-6-8-18(20)25-23(27)29-21/h6-14H,5H2,1-4H3/b21-13+. The number of hydrogen-bond donors (Lipinski definition) is 0. The van der Waals surface area contributed by atoms with Crippen molar-refractivity contribution < 1.29 is 0 Å². The zero-order valence-electron chi connectivity index (χ0n) is 17.1. The Morgan fingerprint density at radius 1 is 1.17 bits per heavy atom. The molecule has 2 aromatic carbocycles. The van der Waals surface area contributed by atoms with E-state index >= 15 is 0 Å². The summed E-state index contributed by atoms with van der Waals surface area (Å²) in [5, 5.41) is 0. The quantitative estimate of drug-likeness (QED) is 0.497. The molecule has 2 aromatic heterocycles. The lowest BCUT2D eigenvalue weighted by Crippen LogP contribution is -2.44. The maximum absolute atomic E-state index is 13.0. The van der Waals surface area contributed by atoms with Crippen LogP contribution in [0.5, 0.6) is 0 Å². The highest BCUT2D eigenvalue weighted by atomic mass is 32.1. The van der Waals surface area contributed by atoms with E-state index in [1.54, 1.807) is 4.40 Å². The van der Waals surface area contributed by atoms with Gasteiger partial charge in [0, 0.05) is 17.8 Å². The zero-order chi connectivity index (χ0) is 20.3. The zero-order valence-corrected chi connectivity index (χ0v) is 17.9. The third-order valence-electron chi connectivity index (χ3n) is 5.76. The van der Waals surface area contributed by atoms with E-state index in [2.05, 4.69) is 61.9 Å². The van der Waals surface area contributed by atoms with Gasteiger partial charge in [0.25, 0.3) is 5.56 Å². The summed E-state index contributed by atoms with van der Waals surface area (Å²) in [6.07, 6.45) is 4.31. The number of nitrogens with zero attached hydrogens (tertiary/aromatic N) is 3. The Kier molecular flexibility index (Phi) is 3.93. The number of likely N-dealkylation sites (N-methyl/N-ethyl adjacent to an activating group) is 1. The molecule has 0 fully saturated rings. The Labute approximate surface area is 173 Å². The van der Waals surface area contributed by atoms with Crippen molar-refractivity contribution in [1.82, 2.24) is 9.38 Å². The van der Waals surface area contributed by atoms with E-state index in [4.69, 9.17) is 0 Å². The van der Waals surface area contributed by atoms with E-state index in [-0.39, 0.29) is 11.1 Å². The number of anilines is 1. The van der Waals surface area contributed by atoms with Crippen LogP contribution in [0.15, 0.2) is 53.3 Å². The summed E-state index contributed by atoms with van der Waals surface area (Å²) in [6.45, 7) is 9.81. The topological polar surface area (TPSA) is 37.6 Å². The summed E-state index contributed by atoms with van der Waals surface area (Å²) < 4.78 is 2.43. The van der Waals surface area contributed by atoms with Crippen LogP contribution >= 0.6 is 11.3 Å². The smallest absolute Gasteiger partial charge is 0.274 e. The molecule has 5 heteroatoms. The first-order valence-electron chi connectivity index (χ1n) is 9.92. The molecule has 0 saturated carbocycles. The number of imidazole rings is 1. The molecular formula is C24H23N3OS. The number of hydrogen-bond acceptors (Lipinski definition) is 4. The molecule has 0 radical (unpaired) electrons. The fraction of sp³-hybridized carbons (Fsp3) is 0.250. The first-order valence-corrected chi connectivity index (χ1v) is 10.7. The fourth-order valence-corrected chi connectivity index (χ4v) is 5.52. The van der Waals surface area contributed by atoms with Crippen LogP contribution in [0, 0.1) is 0 Å². The second-order valence-electron chi connectivity index (χ2n) is 8.14. The highest BCUT2D eigenvalue weighted by Gasteiger charge is 2.29. The monoisotopic (exact) mass is 401 g/mol. The number of fused-ring (bicyclic) bond motifs is 4. The second kappa shape index (κ2) is 6.29. The largest absolute Gasteiger partial charge is 0.363 e.